The van der Waals surface area contributed by atoms with Gasteiger partial charge in [-0.15, -0.1) is 12.3 Å². The first-order valence-corrected chi connectivity index (χ1v) is 8.32. The lowest BCUT2D eigenvalue weighted by Gasteiger charge is -2.40. The van der Waals surface area contributed by atoms with Crippen molar-refractivity contribution >= 4 is 17.3 Å². The maximum atomic E-state index is 10.4. The predicted molar refractivity (Wildman–Crippen MR) is 93.7 cm³/mol. The highest BCUT2D eigenvalue weighted by molar-refractivity contribution is 6.29. The van der Waals surface area contributed by atoms with Crippen molar-refractivity contribution in [3.8, 4) is 12.3 Å². The number of aliphatic hydroxyl groups is 2. The molecule has 1 saturated heterocycles. The van der Waals surface area contributed by atoms with Crippen molar-refractivity contribution in [2.75, 3.05) is 24.6 Å². The van der Waals surface area contributed by atoms with E-state index in [1.54, 1.807) is 13.1 Å². The van der Waals surface area contributed by atoms with Gasteiger partial charge < -0.3 is 15.1 Å². The number of halogens is 1. The van der Waals surface area contributed by atoms with E-state index < -0.39 is 5.60 Å². The molecule has 2 N–H and O–H groups in total. The summed E-state index contributed by atoms with van der Waals surface area (Å²) in [6.45, 7) is 5.76. The van der Waals surface area contributed by atoms with Crippen LogP contribution in [0.4, 0.5) is 5.69 Å². The van der Waals surface area contributed by atoms with Gasteiger partial charge in [-0.2, -0.15) is 0 Å². The maximum absolute atomic E-state index is 10.4. The fourth-order valence-electron chi connectivity index (χ4n) is 3.02. The summed E-state index contributed by atoms with van der Waals surface area (Å²) in [6.07, 6.45) is 9.63. The van der Waals surface area contributed by atoms with Crippen LogP contribution in [-0.2, 0) is 6.42 Å². The monoisotopic (exact) mass is 336 g/mol. The van der Waals surface area contributed by atoms with Gasteiger partial charge in [-0.05, 0) is 36.8 Å². The summed E-state index contributed by atoms with van der Waals surface area (Å²) in [5.41, 5.74) is 0.973. The van der Waals surface area contributed by atoms with Gasteiger partial charge in [0.2, 0.25) is 0 Å². The van der Waals surface area contributed by atoms with Crippen LogP contribution >= 0.6 is 11.6 Å². The molecule has 2 heterocycles. The Morgan fingerprint density at radius 1 is 1.48 bits per heavy atom. The van der Waals surface area contributed by atoms with Crippen LogP contribution in [0.25, 0.3) is 0 Å². The molecule has 1 aromatic rings. The topological polar surface area (TPSA) is 56.6 Å². The summed E-state index contributed by atoms with van der Waals surface area (Å²) in [4.78, 5) is 6.42. The van der Waals surface area contributed by atoms with E-state index >= 15 is 0 Å². The Hall–Kier alpha value is -1.28. The van der Waals surface area contributed by atoms with Crippen molar-refractivity contribution in [3.05, 3.63) is 23.0 Å². The van der Waals surface area contributed by atoms with Crippen LogP contribution in [0.15, 0.2) is 12.3 Å². The van der Waals surface area contributed by atoms with Gasteiger partial charge in [-0.3, -0.25) is 0 Å². The van der Waals surface area contributed by atoms with Gasteiger partial charge in [-0.25, -0.2) is 4.98 Å². The fraction of sp³-hybridized carbons (Fsp3) is 0.611. The molecule has 1 unspecified atom stereocenters. The van der Waals surface area contributed by atoms with Crippen LogP contribution in [0.1, 0.15) is 38.7 Å². The van der Waals surface area contributed by atoms with E-state index in [1.807, 2.05) is 6.07 Å². The number of hydrogen-bond donors (Lipinski definition) is 2. The van der Waals surface area contributed by atoms with Crippen molar-refractivity contribution in [1.29, 1.82) is 0 Å². The molecule has 1 aromatic heterocycles. The molecule has 126 valence electrons. The van der Waals surface area contributed by atoms with Crippen LogP contribution in [0.3, 0.4) is 0 Å². The quantitative estimate of drug-likeness (QED) is 0.641. The molecule has 5 heteroatoms. The number of anilines is 1. The SMILES string of the molecule is C#CCC(C)(O)Cc1cnc(Cl)cc1N1CCC(C)(CO)CC1. The summed E-state index contributed by atoms with van der Waals surface area (Å²) in [6, 6.07) is 1.85. The zero-order valence-electron chi connectivity index (χ0n) is 13.8. The number of aliphatic hydroxyl groups excluding tert-OH is 1. The molecule has 0 amide bonds. The lowest BCUT2D eigenvalue weighted by atomic mass is 9.81. The van der Waals surface area contributed by atoms with Crippen LogP contribution in [0, 0.1) is 17.8 Å². The normalized spacial score (nSPS) is 19.9. The standard InChI is InChI=1S/C18H25ClN2O2/c1-4-5-18(3,23)11-14-12-20-16(19)10-15(14)21-8-6-17(2,13-22)7-9-21/h1,10,12,22-23H,5-9,11,13H2,2-3H3. The second kappa shape index (κ2) is 7.09. The van der Waals surface area contributed by atoms with E-state index in [9.17, 15) is 10.2 Å². The zero-order chi connectivity index (χ0) is 17.1. The molecular weight excluding hydrogens is 312 g/mol. The summed E-state index contributed by atoms with van der Waals surface area (Å²) in [5.74, 6) is 2.52. The highest BCUT2D eigenvalue weighted by Gasteiger charge is 2.31. The number of aromatic nitrogens is 1. The Labute approximate surface area is 143 Å². The molecule has 2 rings (SSSR count). The van der Waals surface area contributed by atoms with Gasteiger partial charge in [0.25, 0.3) is 0 Å². The Morgan fingerprint density at radius 3 is 2.70 bits per heavy atom. The van der Waals surface area contributed by atoms with Gasteiger partial charge >= 0.3 is 0 Å². The van der Waals surface area contributed by atoms with E-state index in [-0.39, 0.29) is 18.4 Å². The largest absolute Gasteiger partial charge is 0.396 e. The molecule has 0 bridgehead atoms. The highest BCUT2D eigenvalue weighted by Crippen LogP contribution is 2.35. The van der Waals surface area contributed by atoms with E-state index in [1.165, 1.54) is 0 Å². The number of hydrogen-bond acceptors (Lipinski definition) is 4. The number of rotatable bonds is 5. The van der Waals surface area contributed by atoms with E-state index in [0.29, 0.717) is 11.6 Å². The van der Waals surface area contributed by atoms with Gasteiger partial charge in [0.1, 0.15) is 5.15 Å². The first-order chi connectivity index (χ1) is 10.8. The van der Waals surface area contributed by atoms with E-state index in [0.717, 1.165) is 37.2 Å². The molecule has 0 aromatic carbocycles. The first-order valence-electron chi connectivity index (χ1n) is 7.95. The van der Waals surface area contributed by atoms with Crippen molar-refractivity contribution in [2.45, 2.75) is 45.1 Å². The molecule has 4 nitrogen and oxygen atoms in total. The number of nitrogens with zero attached hydrogens (tertiary/aromatic N) is 2. The number of terminal acetylenes is 1. The van der Waals surface area contributed by atoms with Crippen molar-refractivity contribution in [2.24, 2.45) is 5.41 Å². The van der Waals surface area contributed by atoms with Gasteiger partial charge in [0.05, 0.1) is 5.60 Å². The van der Waals surface area contributed by atoms with E-state index in [2.05, 4.69) is 22.7 Å². The minimum Gasteiger partial charge on any atom is -0.396 e. The van der Waals surface area contributed by atoms with Crippen molar-refractivity contribution < 1.29 is 10.2 Å². The molecule has 0 saturated carbocycles. The molecule has 0 radical (unpaired) electrons. The van der Waals surface area contributed by atoms with Crippen molar-refractivity contribution in [3.63, 3.8) is 0 Å². The molecule has 23 heavy (non-hydrogen) atoms. The lowest BCUT2D eigenvalue weighted by Crippen LogP contribution is -2.41. The third kappa shape index (κ3) is 4.60. The molecular formula is C18H25ClN2O2. The third-order valence-electron chi connectivity index (χ3n) is 4.68. The highest BCUT2D eigenvalue weighted by atomic mass is 35.5. The summed E-state index contributed by atoms with van der Waals surface area (Å²) >= 11 is 6.08. The maximum Gasteiger partial charge on any atom is 0.131 e. The van der Waals surface area contributed by atoms with Crippen molar-refractivity contribution in [1.82, 2.24) is 4.98 Å². The molecule has 0 spiro atoms. The fourth-order valence-corrected chi connectivity index (χ4v) is 3.17. The molecule has 1 aliphatic rings. The average molecular weight is 337 g/mol. The minimum atomic E-state index is -0.964. The molecule has 1 atom stereocenters. The Kier molecular flexibility index (Phi) is 5.57. The number of pyridine rings is 1. The molecule has 0 aliphatic carbocycles. The van der Waals surface area contributed by atoms with Crippen LogP contribution in [0.2, 0.25) is 5.15 Å². The lowest BCUT2D eigenvalue weighted by molar-refractivity contribution is 0.0659. The average Bonchev–Trinajstić information content (AvgIpc) is 2.50. The van der Waals surface area contributed by atoms with Crippen LogP contribution < -0.4 is 4.90 Å². The molecule has 1 fully saturated rings. The Balaban J connectivity index is 2.22. The second-order valence-corrected chi connectivity index (χ2v) is 7.53. The molecule has 1 aliphatic heterocycles. The summed E-state index contributed by atoms with van der Waals surface area (Å²) in [5, 5.41) is 20.4. The third-order valence-corrected chi connectivity index (χ3v) is 4.88. The van der Waals surface area contributed by atoms with Gasteiger partial charge in [0, 0.05) is 44.4 Å². The number of piperidine rings is 1. The zero-order valence-corrected chi connectivity index (χ0v) is 14.6. The van der Waals surface area contributed by atoms with Crippen LogP contribution in [-0.4, -0.2) is 40.5 Å². The van der Waals surface area contributed by atoms with E-state index in [4.69, 9.17) is 18.0 Å². The summed E-state index contributed by atoms with van der Waals surface area (Å²) in [7, 11) is 0. The summed E-state index contributed by atoms with van der Waals surface area (Å²) < 4.78 is 0. The van der Waals surface area contributed by atoms with Crippen LogP contribution in [0.5, 0.6) is 0 Å². The smallest absolute Gasteiger partial charge is 0.131 e. The Morgan fingerprint density at radius 2 is 2.13 bits per heavy atom. The minimum absolute atomic E-state index is 0.0115. The predicted octanol–water partition coefficient (Wildman–Crippen LogP) is 2.65. The second-order valence-electron chi connectivity index (χ2n) is 7.15. The first kappa shape index (κ1) is 18.1. The van der Waals surface area contributed by atoms with Gasteiger partial charge in [-0.1, -0.05) is 18.5 Å². The van der Waals surface area contributed by atoms with Gasteiger partial charge in [0.15, 0.2) is 0 Å². The Bertz CT molecular complexity index is 587.